The highest BCUT2D eigenvalue weighted by Crippen LogP contribution is 2.27. The Bertz CT molecular complexity index is 793. The van der Waals surface area contributed by atoms with E-state index in [-0.39, 0.29) is 17.4 Å². The molecule has 27 heavy (non-hydrogen) atoms. The van der Waals surface area contributed by atoms with E-state index in [1.165, 1.54) is 5.56 Å². The van der Waals surface area contributed by atoms with E-state index in [1.807, 2.05) is 30.0 Å². The molecule has 1 amide bonds. The Morgan fingerprint density at radius 2 is 1.78 bits per heavy atom. The second-order valence-corrected chi connectivity index (χ2v) is 8.28. The molecule has 0 aromatic heterocycles. The maximum atomic E-state index is 13.0. The van der Waals surface area contributed by atoms with E-state index in [9.17, 15) is 4.79 Å². The van der Waals surface area contributed by atoms with Crippen LogP contribution in [0.1, 0.15) is 38.8 Å². The zero-order valence-electron chi connectivity index (χ0n) is 17.0. The van der Waals surface area contributed by atoms with Crippen molar-refractivity contribution in [1.82, 2.24) is 4.90 Å². The molecule has 2 aromatic rings. The third kappa shape index (κ3) is 4.33. The topological polar surface area (TPSA) is 32.8 Å². The minimum atomic E-state index is -0.146. The molecule has 0 bridgehead atoms. The normalized spacial score (nSPS) is 18.6. The molecule has 0 spiro atoms. The third-order valence-corrected chi connectivity index (χ3v) is 5.35. The van der Waals surface area contributed by atoms with Crippen molar-refractivity contribution in [3.8, 4) is 5.75 Å². The van der Waals surface area contributed by atoms with Gasteiger partial charge in [0.1, 0.15) is 5.75 Å². The summed E-state index contributed by atoms with van der Waals surface area (Å²) in [5.41, 5.74) is 3.55. The summed E-state index contributed by atoms with van der Waals surface area (Å²) in [5, 5.41) is 0. The lowest BCUT2D eigenvalue weighted by atomic mass is 9.87. The molecule has 1 aliphatic rings. The van der Waals surface area contributed by atoms with Crippen molar-refractivity contribution in [2.45, 2.75) is 45.7 Å². The second kappa shape index (κ2) is 7.73. The lowest BCUT2D eigenvalue weighted by Crippen LogP contribution is -2.55. The van der Waals surface area contributed by atoms with E-state index in [0.717, 1.165) is 30.1 Å². The third-order valence-electron chi connectivity index (χ3n) is 5.35. The van der Waals surface area contributed by atoms with Crippen LogP contribution in [0.15, 0.2) is 48.5 Å². The SMILES string of the molecule is COc1cccc(CN2CCN(c3ccc(C(C)(C)C)cc3)C(=O)C2C)c1. The molecule has 0 saturated carbocycles. The standard InChI is InChI=1S/C23H30N2O2/c1-17-22(26)25(20-11-9-19(10-12-20)23(2,3)4)14-13-24(17)16-18-7-6-8-21(15-18)27-5/h6-12,15,17H,13-14,16H2,1-5H3. The van der Waals surface area contributed by atoms with Crippen LogP contribution in [0.3, 0.4) is 0 Å². The van der Waals surface area contributed by atoms with Gasteiger partial charge < -0.3 is 9.64 Å². The van der Waals surface area contributed by atoms with Gasteiger partial charge in [-0.3, -0.25) is 9.69 Å². The maximum absolute atomic E-state index is 13.0. The monoisotopic (exact) mass is 366 g/mol. The smallest absolute Gasteiger partial charge is 0.244 e. The molecule has 3 rings (SSSR count). The first kappa shape index (κ1) is 19.4. The molecule has 0 aliphatic carbocycles. The van der Waals surface area contributed by atoms with E-state index in [2.05, 4.69) is 56.0 Å². The fourth-order valence-corrected chi connectivity index (χ4v) is 3.53. The molecule has 1 aliphatic heterocycles. The number of carbonyl (C=O) groups is 1. The van der Waals surface area contributed by atoms with Gasteiger partial charge in [0.15, 0.2) is 0 Å². The fourth-order valence-electron chi connectivity index (χ4n) is 3.53. The number of benzene rings is 2. The molecule has 144 valence electrons. The molecule has 1 unspecified atom stereocenters. The van der Waals surface area contributed by atoms with Crippen LogP contribution in [0.4, 0.5) is 5.69 Å². The molecule has 2 aromatic carbocycles. The largest absolute Gasteiger partial charge is 0.497 e. The van der Waals surface area contributed by atoms with Crippen LogP contribution in [0.2, 0.25) is 0 Å². The molecule has 1 saturated heterocycles. The molecule has 0 N–H and O–H groups in total. The Balaban J connectivity index is 1.70. The number of anilines is 1. The van der Waals surface area contributed by atoms with Gasteiger partial charge in [-0.2, -0.15) is 0 Å². The summed E-state index contributed by atoms with van der Waals surface area (Å²) in [6, 6.07) is 16.3. The van der Waals surface area contributed by atoms with Gasteiger partial charge in [0.2, 0.25) is 5.91 Å². The maximum Gasteiger partial charge on any atom is 0.244 e. The molecule has 4 heteroatoms. The van der Waals surface area contributed by atoms with E-state index in [1.54, 1.807) is 7.11 Å². The molecule has 1 fully saturated rings. The number of rotatable bonds is 4. The van der Waals surface area contributed by atoms with E-state index in [4.69, 9.17) is 4.74 Å². The fraction of sp³-hybridized carbons (Fsp3) is 0.435. The lowest BCUT2D eigenvalue weighted by molar-refractivity contribution is -0.125. The molecular weight excluding hydrogens is 336 g/mol. The van der Waals surface area contributed by atoms with Gasteiger partial charge in [-0.25, -0.2) is 0 Å². The van der Waals surface area contributed by atoms with E-state index >= 15 is 0 Å². The minimum absolute atomic E-state index is 0.116. The first-order valence-electron chi connectivity index (χ1n) is 9.58. The number of amides is 1. The summed E-state index contributed by atoms with van der Waals surface area (Å²) in [6.07, 6.45) is 0. The highest BCUT2D eigenvalue weighted by atomic mass is 16.5. The van der Waals surface area contributed by atoms with Crippen molar-refractivity contribution >= 4 is 11.6 Å². The van der Waals surface area contributed by atoms with E-state index < -0.39 is 0 Å². The lowest BCUT2D eigenvalue weighted by Gasteiger charge is -2.39. The van der Waals surface area contributed by atoms with Crippen LogP contribution in [0, 0.1) is 0 Å². The number of piperazine rings is 1. The quantitative estimate of drug-likeness (QED) is 0.812. The Morgan fingerprint density at radius 3 is 2.41 bits per heavy atom. The zero-order chi connectivity index (χ0) is 19.6. The Kier molecular flexibility index (Phi) is 5.56. The van der Waals surface area contributed by atoms with Gasteiger partial charge in [0.25, 0.3) is 0 Å². The van der Waals surface area contributed by atoms with Gasteiger partial charge in [-0.1, -0.05) is 45.0 Å². The van der Waals surface area contributed by atoms with Crippen molar-refractivity contribution < 1.29 is 9.53 Å². The minimum Gasteiger partial charge on any atom is -0.497 e. The first-order chi connectivity index (χ1) is 12.8. The molecular formula is C23H30N2O2. The van der Waals surface area contributed by atoms with Gasteiger partial charge in [0.05, 0.1) is 13.2 Å². The van der Waals surface area contributed by atoms with Gasteiger partial charge in [-0.05, 0) is 47.7 Å². The summed E-state index contributed by atoms with van der Waals surface area (Å²) < 4.78 is 5.31. The van der Waals surface area contributed by atoms with Gasteiger partial charge >= 0.3 is 0 Å². The van der Waals surface area contributed by atoms with Crippen molar-refractivity contribution in [2.75, 3.05) is 25.1 Å². The van der Waals surface area contributed by atoms with Crippen LogP contribution in [-0.4, -0.2) is 37.0 Å². The number of carbonyl (C=O) groups excluding carboxylic acids is 1. The summed E-state index contributed by atoms with van der Waals surface area (Å²) in [6.45, 7) is 10.9. The predicted octanol–water partition coefficient (Wildman–Crippen LogP) is 4.23. The van der Waals surface area contributed by atoms with Crippen LogP contribution < -0.4 is 9.64 Å². The zero-order valence-corrected chi connectivity index (χ0v) is 17.0. The summed E-state index contributed by atoms with van der Waals surface area (Å²) in [4.78, 5) is 17.1. The molecule has 1 heterocycles. The Hall–Kier alpha value is -2.33. The molecule has 4 nitrogen and oxygen atoms in total. The predicted molar refractivity (Wildman–Crippen MR) is 110 cm³/mol. The number of methoxy groups -OCH3 is 1. The van der Waals surface area contributed by atoms with E-state index in [0.29, 0.717) is 6.54 Å². The number of hydrogen-bond donors (Lipinski definition) is 0. The summed E-state index contributed by atoms with van der Waals surface area (Å²) >= 11 is 0. The van der Waals surface area contributed by atoms with Crippen molar-refractivity contribution in [1.29, 1.82) is 0 Å². The highest BCUT2D eigenvalue weighted by Gasteiger charge is 2.32. The van der Waals surface area contributed by atoms with Gasteiger partial charge in [-0.15, -0.1) is 0 Å². The first-order valence-corrected chi connectivity index (χ1v) is 9.58. The Labute approximate surface area is 162 Å². The summed E-state index contributed by atoms with van der Waals surface area (Å²) in [5.74, 6) is 1.01. The number of ether oxygens (including phenoxy) is 1. The van der Waals surface area contributed by atoms with Crippen molar-refractivity contribution in [3.63, 3.8) is 0 Å². The van der Waals surface area contributed by atoms with Crippen molar-refractivity contribution in [3.05, 3.63) is 59.7 Å². The molecule has 1 atom stereocenters. The van der Waals surface area contributed by atoms with Crippen LogP contribution >= 0.6 is 0 Å². The average molecular weight is 367 g/mol. The summed E-state index contributed by atoms with van der Waals surface area (Å²) in [7, 11) is 1.68. The van der Waals surface area contributed by atoms with Crippen LogP contribution in [-0.2, 0) is 16.8 Å². The van der Waals surface area contributed by atoms with Crippen LogP contribution in [0.5, 0.6) is 5.75 Å². The average Bonchev–Trinajstić information content (AvgIpc) is 2.65. The number of hydrogen-bond acceptors (Lipinski definition) is 3. The number of nitrogens with zero attached hydrogens (tertiary/aromatic N) is 2. The second-order valence-electron chi connectivity index (χ2n) is 8.28. The van der Waals surface area contributed by atoms with Gasteiger partial charge in [0, 0.05) is 25.3 Å². The highest BCUT2D eigenvalue weighted by molar-refractivity contribution is 5.97. The van der Waals surface area contributed by atoms with Crippen LogP contribution in [0.25, 0.3) is 0 Å². The van der Waals surface area contributed by atoms with Crippen molar-refractivity contribution in [2.24, 2.45) is 0 Å². The Morgan fingerprint density at radius 1 is 1.07 bits per heavy atom. The molecule has 0 radical (unpaired) electrons.